The van der Waals surface area contributed by atoms with Gasteiger partial charge in [-0.2, -0.15) is 0 Å². The maximum Gasteiger partial charge on any atom is 0.252 e. The van der Waals surface area contributed by atoms with Crippen molar-refractivity contribution in [3.8, 4) is 0 Å². The lowest BCUT2D eigenvalue weighted by Gasteiger charge is -2.37. The van der Waals surface area contributed by atoms with Gasteiger partial charge in [0.05, 0.1) is 11.1 Å². The number of carbonyl (C=O) groups is 1. The molecule has 132 valence electrons. The molecule has 2 aromatic rings. The molecular weight excluding hydrogens is 312 g/mol. The molecule has 1 unspecified atom stereocenters. The number of amides is 1. The van der Waals surface area contributed by atoms with Gasteiger partial charge in [-0.05, 0) is 51.9 Å². The average Bonchev–Trinajstić information content (AvgIpc) is 3.44. The molecule has 1 atom stereocenters. The van der Waals surface area contributed by atoms with Crippen LogP contribution in [0.2, 0.25) is 0 Å². The molecule has 1 aliphatic heterocycles. The molecule has 2 aliphatic rings. The zero-order valence-electron chi connectivity index (χ0n) is 15.0. The second kappa shape index (κ2) is 6.64. The summed E-state index contributed by atoms with van der Waals surface area (Å²) >= 11 is 0. The van der Waals surface area contributed by atoms with Crippen molar-refractivity contribution in [3.05, 3.63) is 35.9 Å². The zero-order chi connectivity index (χ0) is 17.4. The molecule has 1 N–H and O–H groups in total. The minimum absolute atomic E-state index is 0.0310. The Balaban J connectivity index is 1.70. The molecular formula is C20H26N4O. The number of benzene rings is 1. The molecule has 0 spiro atoms. The van der Waals surface area contributed by atoms with Crippen molar-refractivity contribution in [2.24, 2.45) is 0 Å². The number of carbonyl (C=O) groups excluding carboxylic acids is 1. The molecule has 1 saturated carbocycles. The topological polar surface area (TPSA) is 48.5 Å². The standard InChI is InChI=1S/C20H26N4O/c1-23(2)15-6-5-11-24(13-15)19-12-17(20(25)21-14-9-10-14)16-7-3-4-8-18(16)22-19/h3-4,7-8,12,14-15H,5-6,9-11,13H2,1-2H3,(H,21,25). The normalized spacial score (nSPS) is 20.9. The highest BCUT2D eigenvalue weighted by molar-refractivity contribution is 6.07. The Labute approximate surface area is 149 Å². The molecule has 0 radical (unpaired) electrons. The molecule has 5 heteroatoms. The van der Waals surface area contributed by atoms with Gasteiger partial charge in [0.1, 0.15) is 5.82 Å². The smallest absolute Gasteiger partial charge is 0.252 e. The van der Waals surface area contributed by atoms with Gasteiger partial charge in [-0.1, -0.05) is 18.2 Å². The van der Waals surface area contributed by atoms with E-state index in [-0.39, 0.29) is 5.91 Å². The molecule has 1 amide bonds. The first-order valence-corrected chi connectivity index (χ1v) is 9.24. The maximum atomic E-state index is 12.8. The molecule has 1 aliphatic carbocycles. The first-order chi connectivity index (χ1) is 12.1. The van der Waals surface area contributed by atoms with Gasteiger partial charge in [0.2, 0.25) is 0 Å². The van der Waals surface area contributed by atoms with Crippen molar-refractivity contribution in [3.63, 3.8) is 0 Å². The van der Waals surface area contributed by atoms with Crippen molar-refractivity contribution in [1.29, 1.82) is 0 Å². The summed E-state index contributed by atoms with van der Waals surface area (Å²) in [6.07, 6.45) is 4.56. The molecule has 2 heterocycles. The minimum atomic E-state index is 0.0310. The van der Waals surface area contributed by atoms with E-state index in [0.717, 1.165) is 54.6 Å². The lowest BCUT2D eigenvalue weighted by Crippen LogP contribution is -2.45. The third kappa shape index (κ3) is 3.47. The van der Waals surface area contributed by atoms with Crippen LogP contribution in [0.1, 0.15) is 36.0 Å². The molecule has 0 bridgehead atoms. The van der Waals surface area contributed by atoms with Crippen LogP contribution in [0.5, 0.6) is 0 Å². The third-order valence-corrected chi connectivity index (χ3v) is 5.31. The quantitative estimate of drug-likeness (QED) is 0.931. The number of piperidine rings is 1. The fourth-order valence-corrected chi connectivity index (χ4v) is 3.59. The van der Waals surface area contributed by atoms with Gasteiger partial charge in [-0.3, -0.25) is 4.79 Å². The van der Waals surface area contributed by atoms with E-state index >= 15 is 0 Å². The van der Waals surface area contributed by atoms with Crippen LogP contribution in [-0.2, 0) is 0 Å². The molecule has 5 nitrogen and oxygen atoms in total. The highest BCUT2D eigenvalue weighted by Gasteiger charge is 2.27. The van der Waals surface area contributed by atoms with Crippen LogP contribution < -0.4 is 10.2 Å². The van der Waals surface area contributed by atoms with Gasteiger partial charge >= 0.3 is 0 Å². The second-order valence-corrected chi connectivity index (χ2v) is 7.50. The number of aromatic nitrogens is 1. The van der Waals surface area contributed by atoms with Gasteiger partial charge in [-0.15, -0.1) is 0 Å². The lowest BCUT2D eigenvalue weighted by molar-refractivity contribution is 0.0952. The highest BCUT2D eigenvalue weighted by atomic mass is 16.1. The van der Waals surface area contributed by atoms with E-state index < -0.39 is 0 Å². The molecule has 25 heavy (non-hydrogen) atoms. The number of nitrogens with one attached hydrogen (secondary N) is 1. The number of pyridine rings is 1. The Bertz CT molecular complexity index is 784. The van der Waals surface area contributed by atoms with Crippen molar-refractivity contribution >= 4 is 22.6 Å². The van der Waals surface area contributed by atoms with E-state index in [0.29, 0.717) is 12.1 Å². The second-order valence-electron chi connectivity index (χ2n) is 7.50. The summed E-state index contributed by atoms with van der Waals surface area (Å²) in [5, 5.41) is 4.06. The predicted octanol–water partition coefficient (Wildman–Crippen LogP) is 2.66. The van der Waals surface area contributed by atoms with Crippen LogP contribution in [0.3, 0.4) is 0 Å². The Kier molecular flexibility index (Phi) is 4.34. The largest absolute Gasteiger partial charge is 0.355 e. The number of hydrogen-bond acceptors (Lipinski definition) is 4. The van der Waals surface area contributed by atoms with E-state index in [1.54, 1.807) is 0 Å². The summed E-state index contributed by atoms with van der Waals surface area (Å²) in [4.78, 5) is 22.2. The first-order valence-electron chi connectivity index (χ1n) is 9.24. The Hall–Kier alpha value is -2.14. The predicted molar refractivity (Wildman–Crippen MR) is 101 cm³/mol. The van der Waals surface area contributed by atoms with Crippen LogP contribution in [0.15, 0.2) is 30.3 Å². The number of hydrogen-bond donors (Lipinski definition) is 1. The molecule has 1 saturated heterocycles. The van der Waals surface area contributed by atoms with Crippen LogP contribution >= 0.6 is 0 Å². The summed E-state index contributed by atoms with van der Waals surface area (Å²) < 4.78 is 0. The Morgan fingerprint density at radius 2 is 2.04 bits per heavy atom. The Morgan fingerprint density at radius 3 is 2.80 bits per heavy atom. The lowest BCUT2D eigenvalue weighted by atomic mass is 10.0. The summed E-state index contributed by atoms with van der Waals surface area (Å²) in [7, 11) is 4.27. The minimum Gasteiger partial charge on any atom is -0.355 e. The number of anilines is 1. The SMILES string of the molecule is CN(C)C1CCCN(c2cc(C(=O)NC3CC3)c3ccccc3n2)C1. The van der Waals surface area contributed by atoms with E-state index in [9.17, 15) is 4.79 Å². The molecule has 1 aromatic heterocycles. The highest BCUT2D eigenvalue weighted by Crippen LogP contribution is 2.27. The number of nitrogens with zero attached hydrogens (tertiary/aromatic N) is 3. The van der Waals surface area contributed by atoms with E-state index in [2.05, 4.69) is 29.2 Å². The zero-order valence-corrected chi connectivity index (χ0v) is 15.0. The van der Waals surface area contributed by atoms with Crippen LogP contribution in [0.25, 0.3) is 10.9 Å². The summed E-state index contributed by atoms with van der Waals surface area (Å²) in [6.45, 7) is 1.96. The van der Waals surface area contributed by atoms with E-state index in [4.69, 9.17) is 4.98 Å². The van der Waals surface area contributed by atoms with Crippen LogP contribution in [-0.4, -0.2) is 55.1 Å². The van der Waals surface area contributed by atoms with Gasteiger partial charge in [-0.25, -0.2) is 4.98 Å². The molecule has 2 fully saturated rings. The van der Waals surface area contributed by atoms with Crippen molar-refractivity contribution < 1.29 is 4.79 Å². The van der Waals surface area contributed by atoms with Crippen LogP contribution in [0, 0.1) is 0 Å². The summed E-state index contributed by atoms with van der Waals surface area (Å²) in [5.41, 5.74) is 1.65. The number of rotatable bonds is 4. The number of para-hydroxylation sites is 1. The van der Waals surface area contributed by atoms with Crippen molar-refractivity contribution in [2.75, 3.05) is 32.1 Å². The fraction of sp³-hybridized carbons (Fsp3) is 0.500. The van der Waals surface area contributed by atoms with Gasteiger partial charge in [0.15, 0.2) is 0 Å². The molecule has 4 rings (SSSR count). The summed E-state index contributed by atoms with van der Waals surface area (Å²) in [6, 6.07) is 10.8. The monoisotopic (exact) mass is 338 g/mol. The van der Waals surface area contributed by atoms with Gasteiger partial charge in [0.25, 0.3) is 5.91 Å². The summed E-state index contributed by atoms with van der Waals surface area (Å²) in [5.74, 6) is 0.953. The van der Waals surface area contributed by atoms with Crippen LogP contribution in [0.4, 0.5) is 5.82 Å². The first kappa shape index (κ1) is 16.3. The third-order valence-electron chi connectivity index (χ3n) is 5.31. The van der Waals surface area contributed by atoms with E-state index in [1.807, 2.05) is 30.3 Å². The van der Waals surface area contributed by atoms with E-state index in [1.165, 1.54) is 6.42 Å². The average molecular weight is 338 g/mol. The Morgan fingerprint density at radius 1 is 1.24 bits per heavy atom. The fourth-order valence-electron chi connectivity index (χ4n) is 3.59. The van der Waals surface area contributed by atoms with Crippen molar-refractivity contribution in [1.82, 2.24) is 15.2 Å². The maximum absolute atomic E-state index is 12.8. The van der Waals surface area contributed by atoms with Gasteiger partial charge in [0, 0.05) is 30.6 Å². The molecule has 1 aromatic carbocycles. The number of fused-ring (bicyclic) bond motifs is 1. The number of likely N-dealkylation sites (N-methyl/N-ethyl adjacent to an activating group) is 1. The van der Waals surface area contributed by atoms with Crippen molar-refractivity contribution in [2.45, 2.75) is 37.8 Å². The van der Waals surface area contributed by atoms with Gasteiger partial charge < -0.3 is 15.1 Å².